The zero-order chi connectivity index (χ0) is 12.9. The van der Waals surface area contributed by atoms with E-state index in [4.69, 9.17) is 0 Å². The van der Waals surface area contributed by atoms with Crippen molar-refractivity contribution in [3.05, 3.63) is 0 Å². The largest absolute Gasteiger partial charge is 1.00 e. The molecule has 0 saturated carbocycles. The van der Waals surface area contributed by atoms with E-state index in [0.29, 0.717) is 6.42 Å². The molecule has 0 aliphatic carbocycles. The predicted molar refractivity (Wildman–Crippen MR) is 73.2 cm³/mol. The normalized spacial score (nSPS) is 14.1. The monoisotopic (exact) mass is 310 g/mol. The molecule has 0 aromatic carbocycles. The first-order valence-electron chi connectivity index (χ1n) is 4.90. The van der Waals surface area contributed by atoms with E-state index >= 15 is 0 Å². The Morgan fingerprint density at radius 3 is 1.65 bits per heavy atom. The van der Waals surface area contributed by atoms with Crippen molar-refractivity contribution in [3.8, 4) is 0 Å². The summed E-state index contributed by atoms with van der Waals surface area (Å²) in [5.74, 6) is -0.243. The van der Waals surface area contributed by atoms with Gasteiger partial charge in [-0.25, -0.2) is 8.42 Å². The maximum absolute atomic E-state index is 9.68. The van der Waals surface area contributed by atoms with Gasteiger partial charge in [-0.3, -0.25) is 0 Å². The molecule has 17 heavy (non-hydrogen) atoms. The predicted octanol–water partition coefficient (Wildman–Crippen LogP) is -3.00. The Bertz CT molecular complexity index is 235. The summed E-state index contributed by atoms with van der Waals surface area (Å²) in [6, 6.07) is 0. The molecule has 0 atom stereocenters. The van der Waals surface area contributed by atoms with Crippen molar-refractivity contribution in [2.75, 3.05) is 31.9 Å². The summed E-state index contributed by atoms with van der Waals surface area (Å²) in [5.41, 5.74) is 0. The van der Waals surface area contributed by atoms with Gasteiger partial charge < -0.3 is 15.2 Å². The Hall–Kier alpha value is 1.27. The topological polar surface area (TPSA) is 81.3 Å². The third-order valence-electron chi connectivity index (χ3n) is 1.41. The van der Waals surface area contributed by atoms with E-state index in [2.05, 4.69) is 35.5 Å². The van der Waals surface area contributed by atoms with Crippen molar-refractivity contribution < 1.29 is 42.5 Å². The summed E-state index contributed by atoms with van der Waals surface area (Å²) >= 11 is 7.61. The minimum Gasteiger partial charge on any atom is -0.748 e. The number of rotatable bonds is 2. The molecule has 0 aromatic rings. The second-order valence-electron chi connectivity index (χ2n) is 2.87. The van der Waals surface area contributed by atoms with Crippen LogP contribution in [0, 0.1) is 0 Å². The molecule has 1 heterocycles. The molecule has 9 heteroatoms. The molecule has 1 aliphatic heterocycles. The number of thiocarbonyl (C=S) groups is 1. The Balaban J connectivity index is -0.000000180. The van der Waals surface area contributed by atoms with Crippen LogP contribution in [0.25, 0.3) is 0 Å². The molecule has 2 N–H and O–H groups in total. The third-order valence-corrected chi connectivity index (χ3v) is 2.32. The van der Waals surface area contributed by atoms with Crippen molar-refractivity contribution in [2.45, 2.75) is 13.3 Å². The Labute approximate surface area is 137 Å². The number of piperazine rings is 1. The van der Waals surface area contributed by atoms with Crippen molar-refractivity contribution in [3.63, 3.8) is 0 Å². The minimum atomic E-state index is -3.92. The molecule has 0 aromatic heterocycles. The molecule has 1 aliphatic rings. The smallest absolute Gasteiger partial charge is 0.748 e. The van der Waals surface area contributed by atoms with Gasteiger partial charge in [-0.05, 0) is 6.42 Å². The fourth-order valence-electron chi connectivity index (χ4n) is 0.854. The zero-order valence-electron chi connectivity index (χ0n) is 10.3. The molecular weight excluding hydrogens is 291 g/mol. The van der Waals surface area contributed by atoms with Gasteiger partial charge in [0.15, 0.2) is 0 Å². The van der Waals surface area contributed by atoms with Crippen LogP contribution in [-0.2, 0) is 10.1 Å². The van der Waals surface area contributed by atoms with Gasteiger partial charge in [0.25, 0.3) is 0 Å². The summed E-state index contributed by atoms with van der Waals surface area (Å²) in [7, 11) is -3.92. The van der Waals surface area contributed by atoms with Crippen LogP contribution in [0.15, 0.2) is 0 Å². The molecular formula is C8H19N2NaO3S3. The summed E-state index contributed by atoms with van der Waals surface area (Å²) in [6.45, 7) is 6.20. The average molecular weight is 310 g/mol. The maximum atomic E-state index is 9.68. The van der Waals surface area contributed by atoms with Crippen molar-refractivity contribution in [1.82, 2.24) is 10.6 Å². The van der Waals surface area contributed by atoms with Crippen LogP contribution < -0.4 is 40.2 Å². The van der Waals surface area contributed by atoms with E-state index in [9.17, 15) is 13.0 Å². The van der Waals surface area contributed by atoms with E-state index in [0.717, 1.165) is 26.2 Å². The molecule has 0 bridgehead atoms. The van der Waals surface area contributed by atoms with E-state index in [1.807, 2.05) is 0 Å². The fourth-order valence-corrected chi connectivity index (χ4v) is 1.35. The average Bonchev–Trinajstić information content (AvgIpc) is 2.20. The number of hydrogen-bond donors (Lipinski definition) is 3. The van der Waals surface area contributed by atoms with Crippen molar-refractivity contribution >= 4 is 39.7 Å². The van der Waals surface area contributed by atoms with Crippen LogP contribution >= 0.6 is 24.8 Å². The molecule has 0 amide bonds. The Morgan fingerprint density at radius 2 is 1.59 bits per heavy atom. The second-order valence-corrected chi connectivity index (χ2v) is 5.23. The number of hydrogen-bond acceptors (Lipinski definition) is 6. The summed E-state index contributed by atoms with van der Waals surface area (Å²) in [5, 5.41) is 6.44. The van der Waals surface area contributed by atoms with Crippen LogP contribution in [0.5, 0.6) is 0 Å². The molecule has 1 rings (SSSR count). The quantitative estimate of drug-likeness (QED) is 0.218. The molecule has 0 spiro atoms. The summed E-state index contributed by atoms with van der Waals surface area (Å²) in [4.78, 5) is 0. The SMILES string of the molecule is C1CNCCN1.CCCS(=O)(=O)[O-].S=CS.[Na+]. The van der Waals surface area contributed by atoms with Crippen LogP contribution in [-0.4, -0.2) is 49.6 Å². The fraction of sp³-hybridized carbons (Fsp3) is 0.875. The van der Waals surface area contributed by atoms with Gasteiger partial charge in [-0.15, -0.1) is 12.6 Å². The van der Waals surface area contributed by atoms with Gasteiger partial charge in [0.1, 0.15) is 0 Å². The van der Waals surface area contributed by atoms with Gasteiger partial charge in [0.2, 0.25) is 0 Å². The molecule has 98 valence electrons. The molecule has 5 nitrogen and oxygen atoms in total. The summed E-state index contributed by atoms with van der Waals surface area (Å²) in [6.07, 6.45) is 0.409. The van der Waals surface area contributed by atoms with Crippen LogP contribution in [0.3, 0.4) is 0 Å². The van der Waals surface area contributed by atoms with Gasteiger partial charge in [0, 0.05) is 36.6 Å². The standard InChI is InChI=1S/C4H10N2.C3H8O3S.CH2S2.Na/c1-2-6-4-3-5-1;1-2-3-7(4,5)6;2-1-3;/h5-6H,1-4H2;2-3H2,1H3,(H,4,5,6);1H,(H,2,3);/q;;;+1/p-1. The Morgan fingerprint density at radius 1 is 1.29 bits per heavy atom. The van der Waals surface area contributed by atoms with Crippen LogP contribution in [0.2, 0.25) is 0 Å². The minimum absolute atomic E-state index is 0. The van der Waals surface area contributed by atoms with Crippen molar-refractivity contribution in [1.29, 1.82) is 0 Å². The van der Waals surface area contributed by atoms with E-state index in [1.165, 1.54) is 4.70 Å². The first-order chi connectivity index (χ1) is 7.47. The van der Waals surface area contributed by atoms with Gasteiger partial charge >= 0.3 is 29.6 Å². The van der Waals surface area contributed by atoms with E-state index < -0.39 is 10.1 Å². The zero-order valence-corrected chi connectivity index (χ0v) is 14.8. The van der Waals surface area contributed by atoms with Gasteiger partial charge in [-0.1, -0.05) is 19.1 Å². The van der Waals surface area contributed by atoms with Crippen LogP contribution in [0.1, 0.15) is 13.3 Å². The van der Waals surface area contributed by atoms with Crippen LogP contribution in [0.4, 0.5) is 0 Å². The van der Waals surface area contributed by atoms with Gasteiger partial charge in [-0.2, -0.15) is 0 Å². The second kappa shape index (κ2) is 17.3. The van der Waals surface area contributed by atoms with Crippen molar-refractivity contribution in [2.24, 2.45) is 0 Å². The number of nitrogens with one attached hydrogen (secondary N) is 2. The molecule has 1 fully saturated rings. The third kappa shape index (κ3) is 31.7. The number of thiol groups is 1. The molecule has 0 unspecified atom stereocenters. The van der Waals surface area contributed by atoms with E-state index in [-0.39, 0.29) is 35.3 Å². The molecule has 0 radical (unpaired) electrons. The van der Waals surface area contributed by atoms with Gasteiger partial charge in [0.05, 0.1) is 10.1 Å². The Kier molecular flexibility index (Phi) is 23.7. The first kappa shape index (κ1) is 23.4. The summed E-state index contributed by atoms with van der Waals surface area (Å²) < 4.78 is 30.3. The molecule has 1 saturated heterocycles. The first-order valence-corrected chi connectivity index (χ1v) is 7.47. The van der Waals surface area contributed by atoms with E-state index in [1.54, 1.807) is 6.92 Å². The maximum Gasteiger partial charge on any atom is 1.00 e.